The van der Waals surface area contributed by atoms with E-state index in [2.05, 4.69) is 40.9 Å². The summed E-state index contributed by atoms with van der Waals surface area (Å²) in [6.07, 6.45) is 2.99. The molecule has 0 bridgehead atoms. The summed E-state index contributed by atoms with van der Waals surface area (Å²) in [6, 6.07) is 8.83. The zero-order valence-corrected chi connectivity index (χ0v) is 12.2. The molecule has 1 fully saturated rings. The Balaban J connectivity index is 2.00. The summed E-state index contributed by atoms with van der Waals surface area (Å²) in [5, 5.41) is 1.16. The first-order chi connectivity index (χ1) is 9.70. The third kappa shape index (κ3) is 2.20. The number of benzene rings is 1. The molecule has 1 unspecified atom stereocenters. The Morgan fingerprint density at radius 1 is 1.30 bits per heavy atom. The molecule has 2 heterocycles. The van der Waals surface area contributed by atoms with Crippen LogP contribution in [0.2, 0.25) is 0 Å². The number of fused-ring (bicyclic) bond motifs is 1. The molecular weight excluding hydrogens is 248 g/mol. The summed E-state index contributed by atoms with van der Waals surface area (Å²) in [4.78, 5) is 9.35. The number of anilines is 2. The fourth-order valence-electron chi connectivity index (χ4n) is 3.06. The van der Waals surface area contributed by atoms with Crippen molar-refractivity contribution >= 4 is 22.3 Å². The van der Waals surface area contributed by atoms with Crippen molar-refractivity contribution in [2.24, 2.45) is 0 Å². The molecule has 3 rings (SSSR count). The van der Waals surface area contributed by atoms with E-state index in [0.29, 0.717) is 6.04 Å². The Bertz CT molecular complexity index is 610. The van der Waals surface area contributed by atoms with Crippen molar-refractivity contribution in [2.75, 3.05) is 37.3 Å². The maximum Gasteiger partial charge on any atom is 0.0951 e. The summed E-state index contributed by atoms with van der Waals surface area (Å²) in [6.45, 7) is 5.49. The first-order valence-corrected chi connectivity index (χ1v) is 7.29. The highest BCUT2D eigenvalue weighted by Gasteiger charge is 2.24. The maximum atomic E-state index is 6.04. The average molecular weight is 270 g/mol. The third-order valence-electron chi connectivity index (χ3n) is 4.37. The molecular formula is C16H22N4. The smallest absolute Gasteiger partial charge is 0.0951 e. The molecule has 106 valence electrons. The standard InChI is InChI=1S/C16H22N4/c1-3-12-11-20(10-9-19(12)2)15-7-6-14(17)16-13(15)5-4-8-18-16/h4-8,12H,3,9-11,17H2,1-2H3. The number of hydrogen-bond acceptors (Lipinski definition) is 4. The van der Waals surface area contributed by atoms with Crippen LogP contribution >= 0.6 is 0 Å². The van der Waals surface area contributed by atoms with Crippen LogP contribution in [0.1, 0.15) is 13.3 Å². The highest BCUT2D eigenvalue weighted by molar-refractivity contribution is 5.98. The fraction of sp³-hybridized carbons (Fsp3) is 0.438. The molecule has 1 aromatic heterocycles. The first kappa shape index (κ1) is 13.2. The lowest BCUT2D eigenvalue weighted by atomic mass is 10.1. The van der Waals surface area contributed by atoms with Crippen molar-refractivity contribution in [3.63, 3.8) is 0 Å². The number of nitrogens with two attached hydrogens (primary N) is 1. The molecule has 0 saturated carbocycles. The van der Waals surface area contributed by atoms with Gasteiger partial charge in [-0.15, -0.1) is 0 Å². The number of piperazine rings is 1. The van der Waals surface area contributed by atoms with E-state index in [1.165, 1.54) is 12.1 Å². The Kier molecular flexibility index (Phi) is 3.49. The summed E-state index contributed by atoms with van der Waals surface area (Å²) in [7, 11) is 2.22. The summed E-state index contributed by atoms with van der Waals surface area (Å²) >= 11 is 0. The van der Waals surface area contributed by atoms with Crippen molar-refractivity contribution in [1.29, 1.82) is 0 Å². The van der Waals surface area contributed by atoms with E-state index >= 15 is 0 Å². The second kappa shape index (κ2) is 5.29. The lowest BCUT2D eigenvalue weighted by Gasteiger charge is -2.40. The van der Waals surface area contributed by atoms with Gasteiger partial charge in [-0.2, -0.15) is 0 Å². The molecule has 0 aliphatic carbocycles. The number of hydrogen-bond donors (Lipinski definition) is 1. The van der Waals surface area contributed by atoms with E-state index in [1.54, 1.807) is 6.20 Å². The molecule has 2 N–H and O–H groups in total. The Morgan fingerprint density at radius 3 is 2.95 bits per heavy atom. The van der Waals surface area contributed by atoms with E-state index < -0.39 is 0 Å². The van der Waals surface area contributed by atoms with Crippen molar-refractivity contribution in [2.45, 2.75) is 19.4 Å². The molecule has 20 heavy (non-hydrogen) atoms. The van der Waals surface area contributed by atoms with E-state index in [0.717, 1.165) is 36.2 Å². The van der Waals surface area contributed by atoms with Gasteiger partial charge in [0, 0.05) is 42.9 Å². The van der Waals surface area contributed by atoms with Crippen molar-refractivity contribution in [3.8, 4) is 0 Å². The van der Waals surface area contributed by atoms with E-state index in [1.807, 2.05) is 12.1 Å². The lowest BCUT2D eigenvalue weighted by molar-refractivity contribution is 0.213. The van der Waals surface area contributed by atoms with E-state index in [9.17, 15) is 0 Å². The predicted molar refractivity (Wildman–Crippen MR) is 85.1 cm³/mol. The predicted octanol–water partition coefficient (Wildman–Crippen LogP) is 2.35. The van der Waals surface area contributed by atoms with Crippen molar-refractivity contribution in [1.82, 2.24) is 9.88 Å². The van der Waals surface area contributed by atoms with E-state index in [-0.39, 0.29) is 0 Å². The molecule has 4 heteroatoms. The highest BCUT2D eigenvalue weighted by atomic mass is 15.3. The lowest BCUT2D eigenvalue weighted by Crippen LogP contribution is -2.51. The molecule has 0 radical (unpaired) electrons. The van der Waals surface area contributed by atoms with Gasteiger partial charge in [0.15, 0.2) is 0 Å². The topological polar surface area (TPSA) is 45.4 Å². The molecule has 1 saturated heterocycles. The van der Waals surface area contributed by atoms with Crippen LogP contribution in [0.4, 0.5) is 11.4 Å². The molecule has 2 aromatic rings. The van der Waals surface area contributed by atoms with Gasteiger partial charge in [0.25, 0.3) is 0 Å². The van der Waals surface area contributed by atoms with Crippen molar-refractivity contribution < 1.29 is 0 Å². The number of likely N-dealkylation sites (N-methyl/N-ethyl adjacent to an activating group) is 1. The van der Waals surface area contributed by atoms with Gasteiger partial charge < -0.3 is 10.6 Å². The molecule has 1 aromatic carbocycles. The molecule has 4 nitrogen and oxygen atoms in total. The van der Waals surface area contributed by atoms with E-state index in [4.69, 9.17) is 5.73 Å². The van der Waals surface area contributed by atoms with Gasteiger partial charge in [0.2, 0.25) is 0 Å². The molecule has 0 amide bonds. The van der Waals surface area contributed by atoms with Crippen LogP contribution in [0.15, 0.2) is 30.5 Å². The molecule has 1 aliphatic rings. The minimum atomic E-state index is 0.619. The Labute approximate surface area is 120 Å². The largest absolute Gasteiger partial charge is 0.397 e. The van der Waals surface area contributed by atoms with Crippen LogP contribution in [0.25, 0.3) is 10.9 Å². The summed E-state index contributed by atoms with van der Waals surface area (Å²) in [5.41, 5.74) is 8.97. The summed E-state index contributed by atoms with van der Waals surface area (Å²) in [5.74, 6) is 0. The minimum Gasteiger partial charge on any atom is -0.397 e. The van der Waals surface area contributed by atoms with Crippen LogP contribution in [-0.2, 0) is 0 Å². The second-order valence-electron chi connectivity index (χ2n) is 5.56. The number of pyridine rings is 1. The van der Waals surface area contributed by atoms with Crippen LogP contribution in [0, 0.1) is 0 Å². The van der Waals surface area contributed by atoms with Crippen LogP contribution in [0.3, 0.4) is 0 Å². The van der Waals surface area contributed by atoms with Gasteiger partial charge in [0.05, 0.1) is 11.2 Å². The second-order valence-corrected chi connectivity index (χ2v) is 5.56. The first-order valence-electron chi connectivity index (χ1n) is 7.29. The normalized spacial score (nSPS) is 20.5. The minimum absolute atomic E-state index is 0.619. The molecule has 1 aliphatic heterocycles. The number of aromatic nitrogens is 1. The summed E-state index contributed by atoms with van der Waals surface area (Å²) < 4.78 is 0. The van der Waals surface area contributed by atoms with Gasteiger partial charge in [-0.25, -0.2) is 0 Å². The Morgan fingerprint density at radius 2 is 2.15 bits per heavy atom. The van der Waals surface area contributed by atoms with Gasteiger partial charge in [-0.3, -0.25) is 9.88 Å². The highest BCUT2D eigenvalue weighted by Crippen LogP contribution is 2.30. The van der Waals surface area contributed by atoms with Crippen LogP contribution in [0.5, 0.6) is 0 Å². The average Bonchev–Trinajstić information content (AvgIpc) is 2.49. The fourth-order valence-corrected chi connectivity index (χ4v) is 3.06. The van der Waals surface area contributed by atoms with Gasteiger partial charge in [-0.1, -0.05) is 6.92 Å². The van der Waals surface area contributed by atoms with Gasteiger partial charge in [-0.05, 0) is 37.7 Å². The molecule has 1 atom stereocenters. The molecule has 0 spiro atoms. The Hall–Kier alpha value is -1.81. The zero-order chi connectivity index (χ0) is 14.1. The quantitative estimate of drug-likeness (QED) is 0.851. The SMILES string of the molecule is CCC1CN(c2ccc(N)c3ncccc23)CCN1C. The third-order valence-corrected chi connectivity index (χ3v) is 4.37. The number of nitrogen functional groups attached to an aromatic ring is 1. The van der Waals surface area contributed by atoms with Gasteiger partial charge >= 0.3 is 0 Å². The zero-order valence-electron chi connectivity index (χ0n) is 12.2. The van der Waals surface area contributed by atoms with Gasteiger partial charge in [0.1, 0.15) is 0 Å². The number of rotatable bonds is 2. The monoisotopic (exact) mass is 270 g/mol. The van der Waals surface area contributed by atoms with Crippen LogP contribution < -0.4 is 10.6 Å². The van der Waals surface area contributed by atoms with Crippen molar-refractivity contribution in [3.05, 3.63) is 30.5 Å². The number of nitrogens with zero attached hydrogens (tertiary/aromatic N) is 3. The van der Waals surface area contributed by atoms with Crippen LogP contribution in [-0.4, -0.2) is 42.6 Å². The maximum absolute atomic E-state index is 6.04.